The molecule has 0 aliphatic rings. The fraction of sp³-hybridized carbons (Fsp3) is 0. The van der Waals surface area contributed by atoms with E-state index in [1.54, 1.807) is 12.1 Å². The van der Waals surface area contributed by atoms with Crippen LogP contribution >= 0.6 is 0 Å². The molecule has 0 aromatic carbocycles. The average molecular weight is 154 g/mol. The molecule has 4 heteroatoms. The number of pyridine rings is 1. The fourth-order valence-corrected chi connectivity index (χ4v) is 0.874. The highest BCUT2D eigenvalue weighted by atomic mass is 32.2. The Morgan fingerprint density at radius 3 is 2.90 bits per heavy atom. The van der Waals surface area contributed by atoms with Gasteiger partial charge in [-0.25, -0.2) is 0 Å². The molecule has 1 rings (SSSR count). The Labute approximate surface area is 59.9 Å². The molecule has 0 unspecified atom stereocenters. The molecule has 0 N–H and O–H groups in total. The molecular formula is C6H4NO2S. The highest BCUT2D eigenvalue weighted by Gasteiger charge is 1.83. The van der Waals surface area contributed by atoms with Gasteiger partial charge in [-0.1, -0.05) is 6.07 Å². The van der Waals surface area contributed by atoms with Crippen molar-refractivity contribution in [3.05, 3.63) is 30.1 Å². The predicted molar refractivity (Wildman–Crippen MR) is 37.2 cm³/mol. The van der Waals surface area contributed by atoms with Crippen LogP contribution in [0.4, 0.5) is 0 Å². The minimum Gasteiger partial charge on any atom is -0.254 e. The molecule has 1 heterocycles. The van der Waals surface area contributed by atoms with Crippen molar-refractivity contribution < 1.29 is 8.42 Å². The van der Waals surface area contributed by atoms with E-state index < -0.39 is 10.3 Å². The Morgan fingerprint density at radius 1 is 1.60 bits per heavy atom. The van der Waals surface area contributed by atoms with Gasteiger partial charge in [0.15, 0.2) is 0 Å². The molecule has 0 aliphatic carbocycles. The van der Waals surface area contributed by atoms with Crippen LogP contribution in [0, 0.1) is 6.20 Å². The molecule has 3 nitrogen and oxygen atoms in total. The fourth-order valence-electron chi connectivity index (χ4n) is 0.512. The van der Waals surface area contributed by atoms with Crippen LogP contribution in [0.25, 0.3) is 0 Å². The molecule has 0 bridgehead atoms. The molecule has 0 saturated heterocycles. The first-order valence-corrected chi connectivity index (χ1v) is 3.68. The highest BCUT2D eigenvalue weighted by Crippen LogP contribution is 1.87. The highest BCUT2D eigenvalue weighted by molar-refractivity contribution is 7.71. The van der Waals surface area contributed by atoms with E-state index in [2.05, 4.69) is 11.2 Å². The van der Waals surface area contributed by atoms with E-state index in [4.69, 9.17) is 0 Å². The van der Waals surface area contributed by atoms with Gasteiger partial charge in [0.05, 0.1) is 11.6 Å². The third-order valence-electron chi connectivity index (χ3n) is 0.871. The lowest BCUT2D eigenvalue weighted by Crippen LogP contribution is -1.81. The van der Waals surface area contributed by atoms with Gasteiger partial charge in [-0.2, -0.15) is 8.42 Å². The van der Waals surface area contributed by atoms with Gasteiger partial charge >= 0.3 is 0 Å². The van der Waals surface area contributed by atoms with Crippen molar-refractivity contribution in [2.45, 2.75) is 0 Å². The van der Waals surface area contributed by atoms with E-state index >= 15 is 0 Å². The van der Waals surface area contributed by atoms with E-state index in [1.807, 2.05) is 0 Å². The zero-order valence-electron chi connectivity index (χ0n) is 4.98. The number of nitrogens with zero attached hydrogens (tertiary/aromatic N) is 1. The van der Waals surface area contributed by atoms with Gasteiger partial charge in [0.2, 0.25) is 10.3 Å². The molecule has 10 heavy (non-hydrogen) atoms. The lowest BCUT2D eigenvalue weighted by Gasteiger charge is -1.82. The summed E-state index contributed by atoms with van der Waals surface area (Å²) < 4.78 is 20.2. The first-order chi connectivity index (χ1) is 4.79. The molecule has 51 valence electrons. The summed E-state index contributed by atoms with van der Waals surface area (Å²) in [6.45, 7) is 0. The van der Waals surface area contributed by atoms with Crippen molar-refractivity contribution in [3.63, 3.8) is 0 Å². The van der Waals surface area contributed by atoms with Gasteiger partial charge in [-0.15, -0.1) is 0 Å². The first-order valence-electron chi connectivity index (χ1n) is 2.54. The normalized spacial score (nSPS) is 8.80. The Morgan fingerprint density at radius 2 is 2.40 bits per heavy atom. The zero-order valence-corrected chi connectivity index (χ0v) is 5.80. The first kappa shape index (κ1) is 6.95. The van der Waals surface area contributed by atoms with E-state index in [0.29, 0.717) is 5.56 Å². The van der Waals surface area contributed by atoms with Gasteiger partial charge in [-0.3, -0.25) is 4.98 Å². The van der Waals surface area contributed by atoms with Crippen molar-refractivity contribution in [1.29, 1.82) is 0 Å². The molecule has 0 spiro atoms. The van der Waals surface area contributed by atoms with Gasteiger partial charge in [0.1, 0.15) is 0 Å². The molecular weight excluding hydrogens is 150 g/mol. The lowest BCUT2D eigenvalue weighted by molar-refractivity contribution is 0.627. The second-order valence-corrected chi connectivity index (χ2v) is 2.36. The smallest absolute Gasteiger partial charge is 0.214 e. The summed E-state index contributed by atoms with van der Waals surface area (Å²) in [6, 6.07) is 3.17. The number of hydrogen-bond donors (Lipinski definition) is 0. The van der Waals surface area contributed by atoms with Crippen molar-refractivity contribution in [2.24, 2.45) is 0 Å². The Kier molecular flexibility index (Phi) is 2.17. The van der Waals surface area contributed by atoms with Crippen LogP contribution in [-0.4, -0.2) is 18.8 Å². The third kappa shape index (κ3) is 1.99. The average Bonchev–Trinajstić information content (AvgIpc) is 1.88. The summed E-state index contributed by atoms with van der Waals surface area (Å²) in [6.07, 6.45) is 3.96. The van der Waals surface area contributed by atoms with Gasteiger partial charge in [-0.05, 0) is 6.07 Å². The quantitative estimate of drug-likeness (QED) is 0.531. The van der Waals surface area contributed by atoms with Crippen molar-refractivity contribution in [3.8, 4) is 0 Å². The SMILES string of the molecule is O=S(=O)=Cc1cc[c]nc1. The number of rotatable bonds is 1. The van der Waals surface area contributed by atoms with Crippen molar-refractivity contribution in [1.82, 2.24) is 4.98 Å². The Hall–Kier alpha value is -1.16. The van der Waals surface area contributed by atoms with Crippen molar-refractivity contribution in [2.75, 3.05) is 0 Å². The van der Waals surface area contributed by atoms with Crippen LogP contribution in [-0.2, 0) is 10.3 Å². The summed E-state index contributed by atoms with van der Waals surface area (Å²) >= 11 is 0. The topological polar surface area (TPSA) is 47.0 Å². The molecule has 0 atom stereocenters. The summed E-state index contributed by atoms with van der Waals surface area (Å²) in [5, 5.41) is 1.08. The Balaban J connectivity index is 3.10. The summed E-state index contributed by atoms with van der Waals surface area (Å²) in [5.41, 5.74) is 0.562. The van der Waals surface area contributed by atoms with Crippen LogP contribution in [0.2, 0.25) is 0 Å². The molecule has 1 radical (unpaired) electrons. The summed E-state index contributed by atoms with van der Waals surface area (Å²) in [5.74, 6) is 0. The lowest BCUT2D eigenvalue weighted by atomic mass is 10.3. The second kappa shape index (κ2) is 3.12. The van der Waals surface area contributed by atoms with E-state index in [9.17, 15) is 8.42 Å². The zero-order chi connectivity index (χ0) is 7.40. The van der Waals surface area contributed by atoms with Crippen LogP contribution in [0.1, 0.15) is 5.56 Å². The molecule has 1 aromatic heterocycles. The minimum absolute atomic E-state index is 0.562. The standard InChI is InChI=1S/C6H4NO2S/c8-10(9)5-6-2-1-3-7-4-6/h1-2,4-5H. The molecule has 1 aromatic rings. The molecule has 0 amide bonds. The summed E-state index contributed by atoms with van der Waals surface area (Å²) in [4.78, 5) is 3.61. The number of aromatic nitrogens is 1. The third-order valence-corrected chi connectivity index (χ3v) is 1.34. The van der Waals surface area contributed by atoms with Gasteiger partial charge in [0, 0.05) is 11.8 Å². The van der Waals surface area contributed by atoms with Crippen LogP contribution in [0.15, 0.2) is 18.3 Å². The van der Waals surface area contributed by atoms with Crippen LogP contribution < -0.4 is 0 Å². The summed E-state index contributed by atoms with van der Waals surface area (Å²) in [7, 11) is -2.15. The Bertz CT molecular complexity index is 320. The van der Waals surface area contributed by atoms with Crippen molar-refractivity contribution >= 4 is 15.7 Å². The second-order valence-electron chi connectivity index (χ2n) is 1.60. The maximum absolute atomic E-state index is 10.1. The molecule has 0 saturated carbocycles. The molecule has 0 fully saturated rings. The number of hydrogen-bond acceptors (Lipinski definition) is 3. The molecule has 0 aliphatic heterocycles. The van der Waals surface area contributed by atoms with Crippen LogP contribution in [0.5, 0.6) is 0 Å². The maximum atomic E-state index is 10.1. The predicted octanol–water partition coefficient (Wildman–Crippen LogP) is -0.0888. The minimum atomic E-state index is -2.15. The van der Waals surface area contributed by atoms with Gasteiger partial charge in [0.25, 0.3) is 0 Å². The monoisotopic (exact) mass is 154 g/mol. The van der Waals surface area contributed by atoms with Crippen LogP contribution in [0.3, 0.4) is 0 Å². The van der Waals surface area contributed by atoms with E-state index in [0.717, 1.165) is 5.37 Å². The maximum Gasteiger partial charge on any atom is 0.214 e. The largest absolute Gasteiger partial charge is 0.254 e. The van der Waals surface area contributed by atoms with E-state index in [1.165, 1.54) is 6.20 Å². The van der Waals surface area contributed by atoms with Gasteiger partial charge < -0.3 is 0 Å². The van der Waals surface area contributed by atoms with E-state index in [-0.39, 0.29) is 0 Å².